The lowest BCUT2D eigenvalue weighted by molar-refractivity contribution is 0.0699. The number of hydrogen-bond acceptors (Lipinski definition) is 7. The number of rotatable bonds is 8. The standard InChI is InChI=1S/C23H27ClN6O3S/c1-2-14-19(24)29-20(26-14)21(31)27-15-8-9-30(11-17(15)25-10-12-6-7-12)23-28-16-5-3-4-13(22(32)33)18(16)34-23/h3-5,12,15,17,25H,2,6-11H2,1H3,(H,26,29)(H,27,31)(H,32,33)/t15-,17+/m0/s1. The number of aromatic carboxylic acids is 1. The molecule has 3 heterocycles. The van der Waals surface area contributed by atoms with Crippen molar-refractivity contribution in [1.29, 1.82) is 0 Å². The van der Waals surface area contributed by atoms with E-state index in [1.807, 2.05) is 13.0 Å². The Morgan fingerprint density at radius 1 is 1.26 bits per heavy atom. The molecule has 1 aliphatic carbocycles. The molecule has 9 nitrogen and oxygen atoms in total. The van der Waals surface area contributed by atoms with Gasteiger partial charge in [-0.3, -0.25) is 4.79 Å². The number of fused-ring (bicyclic) bond motifs is 1. The number of piperidine rings is 1. The third kappa shape index (κ3) is 4.75. The number of carbonyl (C=O) groups excluding carboxylic acids is 1. The summed E-state index contributed by atoms with van der Waals surface area (Å²) in [6, 6.07) is 5.14. The maximum Gasteiger partial charge on any atom is 0.337 e. The van der Waals surface area contributed by atoms with E-state index < -0.39 is 5.97 Å². The maximum absolute atomic E-state index is 12.9. The second-order valence-electron chi connectivity index (χ2n) is 8.94. The Bertz CT molecular complexity index is 1220. The Balaban J connectivity index is 1.33. The van der Waals surface area contributed by atoms with Gasteiger partial charge in [0.05, 0.1) is 21.5 Å². The Labute approximate surface area is 205 Å². The van der Waals surface area contributed by atoms with Crippen LogP contribution in [0.1, 0.15) is 52.9 Å². The summed E-state index contributed by atoms with van der Waals surface area (Å²) in [5, 5.41) is 17.4. The van der Waals surface area contributed by atoms with Gasteiger partial charge in [-0.2, -0.15) is 0 Å². The van der Waals surface area contributed by atoms with E-state index in [4.69, 9.17) is 16.6 Å². The molecule has 1 saturated carbocycles. The molecule has 180 valence electrons. The zero-order valence-corrected chi connectivity index (χ0v) is 20.4. The summed E-state index contributed by atoms with van der Waals surface area (Å²) in [4.78, 5) is 38.6. The first-order chi connectivity index (χ1) is 16.4. The molecule has 5 rings (SSSR count). The number of benzene rings is 1. The van der Waals surface area contributed by atoms with Gasteiger partial charge in [0.25, 0.3) is 5.91 Å². The van der Waals surface area contributed by atoms with Gasteiger partial charge in [0.1, 0.15) is 0 Å². The zero-order chi connectivity index (χ0) is 23.8. The molecule has 3 aromatic rings. The third-order valence-corrected chi connectivity index (χ3v) is 7.97. The second-order valence-corrected chi connectivity index (χ2v) is 10.3. The van der Waals surface area contributed by atoms with Crippen molar-refractivity contribution < 1.29 is 14.7 Å². The SMILES string of the molecule is CCc1[nH]c(C(=O)N[C@H]2CCN(c3nc4cccc(C(=O)O)c4s3)C[C@H]2NCC2CC2)nc1Cl. The Morgan fingerprint density at radius 2 is 2.09 bits per heavy atom. The summed E-state index contributed by atoms with van der Waals surface area (Å²) in [6.07, 6.45) is 3.88. The first kappa shape index (κ1) is 23.1. The molecule has 0 radical (unpaired) electrons. The number of aromatic nitrogens is 3. The minimum atomic E-state index is -0.949. The third-order valence-electron chi connectivity index (χ3n) is 6.50. The van der Waals surface area contributed by atoms with E-state index in [1.165, 1.54) is 24.2 Å². The summed E-state index contributed by atoms with van der Waals surface area (Å²) < 4.78 is 0.685. The fraction of sp³-hybridized carbons (Fsp3) is 0.478. The van der Waals surface area contributed by atoms with E-state index in [0.29, 0.717) is 40.8 Å². The summed E-state index contributed by atoms with van der Waals surface area (Å²) in [5.41, 5.74) is 1.72. The lowest BCUT2D eigenvalue weighted by Gasteiger charge is -2.39. The van der Waals surface area contributed by atoms with Crippen LogP contribution < -0.4 is 15.5 Å². The second kappa shape index (κ2) is 9.52. The molecular weight excluding hydrogens is 476 g/mol. The van der Waals surface area contributed by atoms with Crippen LogP contribution in [0.5, 0.6) is 0 Å². The van der Waals surface area contributed by atoms with Gasteiger partial charge in [-0.05, 0) is 50.3 Å². The number of thiazole rings is 1. The Hall–Kier alpha value is -2.69. The van der Waals surface area contributed by atoms with Gasteiger partial charge in [-0.1, -0.05) is 35.9 Å². The van der Waals surface area contributed by atoms with Gasteiger partial charge in [0.2, 0.25) is 0 Å². The van der Waals surface area contributed by atoms with Gasteiger partial charge in [0, 0.05) is 25.2 Å². The van der Waals surface area contributed by atoms with Gasteiger partial charge in [-0.25, -0.2) is 14.8 Å². The van der Waals surface area contributed by atoms with E-state index in [9.17, 15) is 14.7 Å². The molecule has 4 N–H and O–H groups in total. The molecule has 11 heteroatoms. The Kier molecular flexibility index (Phi) is 6.46. The number of carbonyl (C=O) groups is 2. The molecule has 2 aromatic heterocycles. The van der Waals surface area contributed by atoms with Crippen molar-refractivity contribution in [3.63, 3.8) is 0 Å². The number of carboxylic acid groups (broad SMARTS) is 1. The van der Waals surface area contributed by atoms with Gasteiger partial charge >= 0.3 is 5.97 Å². The molecule has 1 saturated heterocycles. The number of aromatic amines is 1. The molecule has 0 unspecified atom stereocenters. The van der Waals surface area contributed by atoms with Crippen molar-refractivity contribution in [2.75, 3.05) is 24.5 Å². The monoisotopic (exact) mass is 502 g/mol. The normalized spacial score (nSPS) is 20.6. The molecule has 34 heavy (non-hydrogen) atoms. The minimum absolute atomic E-state index is 0.0281. The van der Waals surface area contributed by atoms with Gasteiger partial charge in [-0.15, -0.1) is 0 Å². The van der Waals surface area contributed by atoms with E-state index in [2.05, 4.69) is 25.5 Å². The van der Waals surface area contributed by atoms with Crippen LogP contribution in [-0.4, -0.2) is 63.7 Å². The van der Waals surface area contributed by atoms with Crippen LogP contribution in [0.2, 0.25) is 5.15 Å². The quantitative estimate of drug-likeness (QED) is 0.372. The lowest BCUT2D eigenvalue weighted by Crippen LogP contribution is -2.60. The number of aryl methyl sites for hydroxylation is 1. The van der Waals surface area contributed by atoms with Crippen LogP contribution in [0, 0.1) is 5.92 Å². The van der Waals surface area contributed by atoms with Crippen molar-refractivity contribution in [1.82, 2.24) is 25.6 Å². The van der Waals surface area contributed by atoms with Crippen molar-refractivity contribution in [3.8, 4) is 0 Å². The van der Waals surface area contributed by atoms with Crippen LogP contribution in [-0.2, 0) is 6.42 Å². The molecule has 0 spiro atoms. The van der Waals surface area contributed by atoms with Gasteiger partial charge < -0.3 is 25.6 Å². The van der Waals surface area contributed by atoms with Crippen molar-refractivity contribution >= 4 is 50.2 Å². The number of H-pyrrole nitrogens is 1. The number of nitrogens with one attached hydrogen (secondary N) is 3. The highest BCUT2D eigenvalue weighted by Gasteiger charge is 2.34. The fourth-order valence-electron chi connectivity index (χ4n) is 4.35. The summed E-state index contributed by atoms with van der Waals surface area (Å²) in [7, 11) is 0. The first-order valence-electron chi connectivity index (χ1n) is 11.6. The van der Waals surface area contributed by atoms with Gasteiger partial charge in [0.15, 0.2) is 16.1 Å². The summed E-state index contributed by atoms with van der Waals surface area (Å²) >= 11 is 7.52. The molecule has 1 aliphatic heterocycles. The van der Waals surface area contributed by atoms with E-state index in [0.717, 1.165) is 23.8 Å². The van der Waals surface area contributed by atoms with Crippen LogP contribution in [0.15, 0.2) is 18.2 Å². The highest BCUT2D eigenvalue weighted by Crippen LogP contribution is 2.33. The number of anilines is 1. The maximum atomic E-state index is 12.9. The predicted molar refractivity (Wildman–Crippen MR) is 132 cm³/mol. The van der Waals surface area contributed by atoms with Crippen molar-refractivity contribution in [3.05, 3.63) is 40.4 Å². The fourth-order valence-corrected chi connectivity index (χ4v) is 5.72. The molecular formula is C23H27ClN6O3S. The van der Waals surface area contributed by atoms with Crippen molar-refractivity contribution in [2.45, 2.75) is 44.7 Å². The smallest absolute Gasteiger partial charge is 0.337 e. The number of amides is 1. The molecule has 2 fully saturated rings. The largest absolute Gasteiger partial charge is 0.478 e. The van der Waals surface area contributed by atoms with Crippen molar-refractivity contribution in [2.24, 2.45) is 5.92 Å². The average Bonchev–Trinajstić information content (AvgIpc) is 3.42. The molecule has 0 bridgehead atoms. The molecule has 2 aliphatic rings. The Morgan fingerprint density at radius 3 is 2.79 bits per heavy atom. The van der Waals surface area contributed by atoms with E-state index in [1.54, 1.807) is 12.1 Å². The topological polar surface area (TPSA) is 123 Å². The highest BCUT2D eigenvalue weighted by molar-refractivity contribution is 7.22. The molecule has 1 aromatic carbocycles. The van der Waals surface area contributed by atoms with Crippen LogP contribution >= 0.6 is 22.9 Å². The number of carboxylic acids is 1. The number of nitrogens with zero attached hydrogens (tertiary/aromatic N) is 3. The van der Waals surface area contributed by atoms with Crippen LogP contribution in [0.25, 0.3) is 10.2 Å². The first-order valence-corrected chi connectivity index (χ1v) is 12.8. The number of hydrogen-bond donors (Lipinski definition) is 4. The zero-order valence-electron chi connectivity index (χ0n) is 18.8. The molecule has 2 atom stereocenters. The number of imidazole rings is 1. The van der Waals surface area contributed by atoms with Crippen LogP contribution in [0.3, 0.4) is 0 Å². The number of halogens is 1. The highest BCUT2D eigenvalue weighted by atomic mass is 35.5. The summed E-state index contributed by atoms with van der Waals surface area (Å²) in [5.74, 6) is -0.277. The minimum Gasteiger partial charge on any atom is -0.478 e. The molecule has 1 amide bonds. The predicted octanol–water partition coefficient (Wildman–Crippen LogP) is 3.31. The van der Waals surface area contributed by atoms with E-state index in [-0.39, 0.29) is 29.4 Å². The summed E-state index contributed by atoms with van der Waals surface area (Å²) in [6.45, 7) is 4.24. The van der Waals surface area contributed by atoms with E-state index >= 15 is 0 Å². The average molecular weight is 503 g/mol. The van der Waals surface area contributed by atoms with Crippen LogP contribution in [0.4, 0.5) is 5.13 Å². The lowest BCUT2D eigenvalue weighted by atomic mass is 9.99.